The largest absolute Gasteiger partial charge is 0.492 e. The molecule has 2 heterocycles. The van der Waals surface area contributed by atoms with Gasteiger partial charge in [0, 0.05) is 25.2 Å². The number of para-hydroxylation sites is 1. The minimum atomic E-state index is -0.567. The fourth-order valence-electron chi connectivity index (χ4n) is 4.81. The molecule has 1 aromatic heterocycles. The Balaban J connectivity index is 1.52. The van der Waals surface area contributed by atoms with Crippen LogP contribution in [0.4, 0.5) is 16.3 Å². The van der Waals surface area contributed by atoms with E-state index < -0.39 is 17.4 Å². The van der Waals surface area contributed by atoms with Crippen LogP contribution < -0.4 is 15.4 Å². The van der Waals surface area contributed by atoms with Crippen LogP contribution in [0.1, 0.15) is 80.7 Å². The van der Waals surface area contributed by atoms with E-state index in [4.69, 9.17) is 21.1 Å². The standard InChI is InChI=1S/C34H41ClN4O5/c1-33(2,3)23-13-15-26(28(18-23)43-21-22-10-9-17-39(20-22)32(42)44-34(4,5)6)31(41)37-27-12-8-7-11-25(27)30(40)38-29-16-14-24(35)19-36-29/h7-8,11-16,18-19,22H,9-10,17,20-21H2,1-6H3,(H,37,41)(H,36,38,40). The van der Waals surface area contributed by atoms with E-state index in [2.05, 4.69) is 36.4 Å². The number of aromatic nitrogens is 1. The second kappa shape index (κ2) is 13.7. The van der Waals surface area contributed by atoms with Crippen LogP contribution in [0, 0.1) is 5.92 Å². The molecule has 234 valence electrons. The summed E-state index contributed by atoms with van der Waals surface area (Å²) in [5.41, 5.74) is 1.23. The summed E-state index contributed by atoms with van der Waals surface area (Å²) < 4.78 is 11.9. The number of piperidine rings is 1. The van der Waals surface area contributed by atoms with Crippen LogP contribution in [0.15, 0.2) is 60.8 Å². The molecule has 1 aliphatic heterocycles. The van der Waals surface area contributed by atoms with Gasteiger partial charge in [0.1, 0.15) is 17.2 Å². The Labute approximate surface area is 264 Å². The topological polar surface area (TPSA) is 110 Å². The Morgan fingerprint density at radius 2 is 1.68 bits per heavy atom. The first kappa shape index (κ1) is 32.8. The zero-order chi connectivity index (χ0) is 32.1. The fourth-order valence-corrected chi connectivity index (χ4v) is 4.92. The molecule has 1 fully saturated rings. The predicted octanol–water partition coefficient (Wildman–Crippen LogP) is 7.56. The molecule has 9 nitrogen and oxygen atoms in total. The van der Waals surface area contributed by atoms with E-state index in [9.17, 15) is 14.4 Å². The SMILES string of the molecule is CC(C)(C)OC(=O)N1CCCC(COc2cc(C(C)(C)C)ccc2C(=O)Nc2ccccc2C(=O)Nc2ccc(Cl)cn2)C1. The molecule has 4 rings (SSSR count). The van der Waals surface area contributed by atoms with Crippen molar-refractivity contribution < 1.29 is 23.9 Å². The highest BCUT2D eigenvalue weighted by atomic mass is 35.5. The molecule has 1 atom stereocenters. The van der Waals surface area contributed by atoms with Crippen LogP contribution in [0.5, 0.6) is 5.75 Å². The molecule has 1 saturated heterocycles. The first-order valence-electron chi connectivity index (χ1n) is 14.8. The van der Waals surface area contributed by atoms with Crippen molar-refractivity contribution in [3.05, 3.63) is 82.5 Å². The van der Waals surface area contributed by atoms with E-state index in [1.165, 1.54) is 6.20 Å². The third-order valence-corrected chi connectivity index (χ3v) is 7.35. The number of hydrogen-bond donors (Lipinski definition) is 2. The number of carbonyl (C=O) groups excluding carboxylic acids is 3. The fraction of sp³-hybridized carbons (Fsp3) is 0.412. The molecule has 0 bridgehead atoms. The lowest BCUT2D eigenvalue weighted by molar-refractivity contribution is 0.0139. The van der Waals surface area contributed by atoms with Crippen molar-refractivity contribution in [3.8, 4) is 5.75 Å². The first-order chi connectivity index (χ1) is 20.7. The quantitative estimate of drug-likeness (QED) is 0.282. The molecule has 0 saturated carbocycles. The predicted molar refractivity (Wildman–Crippen MR) is 173 cm³/mol. The summed E-state index contributed by atoms with van der Waals surface area (Å²) in [4.78, 5) is 45.3. The minimum Gasteiger partial charge on any atom is -0.492 e. The Kier molecular flexibility index (Phi) is 10.2. The van der Waals surface area contributed by atoms with Gasteiger partial charge in [-0.15, -0.1) is 0 Å². The third kappa shape index (κ3) is 8.95. The highest BCUT2D eigenvalue weighted by molar-refractivity contribution is 6.30. The van der Waals surface area contributed by atoms with E-state index >= 15 is 0 Å². The number of hydrogen-bond acceptors (Lipinski definition) is 6. The lowest BCUT2D eigenvalue weighted by atomic mass is 9.86. The van der Waals surface area contributed by atoms with Crippen molar-refractivity contribution in [3.63, 3.8) is 0 Å². The summed E-state index contributed by atoms with van der Waals surface area (Å²) in [5.74, 6) is 0.0152. The van der Waals surface area contributed by atoms with Crippen LogP contribution >= 0.6 is 11.6 Å². The maximum absolute atomic E-state index is 13.7. The van der Waals surface area contributed by atoms with E-state index in [-0.39, 0.29) is 23.0 Å². The Bertz CT molecular complexity index is 1490. The monoisotopic (exact) mass is 620 g/mol. The average molecular weight is 621 g/mol. The van der Waals surface area contributed by atoms with Crippen LogP contribution in [0.3, 0.4) is 0 Å². The van der Waals surface area contributed by atoms with Crippen LogP contribution in [0.2, 0.25) is 5.02 Å². The summed E-state index contributed by atoms with van der Waals surface area (Å²) >= 11 is 5.91. The zero-order valence-electron chi connectivity index (χ0n) is 26.2. The molecule has 3 aromatic rings. The van der Waals surface area contributed by atoms with Gasteiger partial charge in [0.15, 0.2) is 0 Å². The molecule has 44 heavy (non-hydrogen) atoms. The smallest absolute Gasteiger partial charge is 0.410 e. The number of nitrogens with one attached hydrogen (secondary N) is 2. The number of amides is 3. The van der Waals surface area contributed by atoms with Crippen molar-refractivity contribution in [2.75, 3.05) is 30.3 Å². The van der Waals surface area contributed by atoms with Crippen LogP contribution in [0.25, 0.3) is 0 Å². The van der Waals surface area contributed by atoms with Gasteiger partial charge in [0.2, 0.25) is 0 Å². The average Bonchev–Trinajstić information content (AvgIpc) is 2.96. The molecule has 0 spiro atoms. The number of pyridine rings is 1. The number of anilines is 2. The number of likely N-dealkylation sites (tertiary alicyclic amines) is 1. The summed E-state index contributed by atoms with van der Waals surface area (Å²) in [7, 11) is 0. The van der Waals surface area contributed by atoms with E-state index in [0.717, 1.165) is 18.4 Å². The van der Waals surface area contributed by atoms with E-state index in [1.807, 2.05) is 32.9 Å². The molecule has 10 heteroatoms. The molecule has 0 radical (unpaired) electrons. The highest BCUT2D eigenvalue weighted by Crippen LogP contribution is 2.31. The molecule has 1 unspecified atom stereocenters. The summed E-state index contributed by atoms with van der Waals surface area (Å²) in [6, 6.07) is 15.5. The molecule has 3 amide bonds. The number of halogens is 1. The molecule has 2 N–H and O–H groups in total. The number of ether oxygens (including phenoxy) is 2. The van der Waals surface area contributed by atoms with Crippen molar-refractivity contribution in [2.45, 2.75) is 65.4 Å². The van der Waals surface area contributed by atoms with Gasteiger partial charge in [-0.3, -0.25) is 9.59 Å². The minimum absolute atomic E-state index is 0.0800. The number of carbonyl (C=O) groups is 3. The Morgan fingerprint density at radius 1 is 0.955 bits per heavy atom. The van der Waals surface area contributed by atoms with Gasteiger partial charge in [-0.2, -0.15) is 0 Å². The number of rotatable bonds is 7. The molecule has 1 aliphatic rings. The second-order valence-electron chi connectivity index (χ2n) is 13.0. The van der Waals surface area contributed by atoms with Crippen LogP contribution in [-0.2, 0) is 10.2 Å². The molecular formula is C34H41ClN4O5. The van der Waals surface area contributed by atoms with Crippen LogP contribution in [-0.4, -0.2) is 53.1 Å². The molecule has 2 aromatic carbocycles. The first-order valence-corrected chi connectivity index (χ1v) is 15.2. The third-order valence-electron chi connectivity index (χ3n) is 7.13. The Morgan fingerprint density at radius 3 is 2.36 bits per heavy atom. The van der Waals surface area contributed by atoms with Crippen molar-refractivity contribution in [2.24, 2.45) is 5.92 Å². The molecular weight excluding hydrogens is 580 g/mol. The maximum Gasteiger partial charge on any atom is 0.410 e. The van der Waals surface area contributed by atoms with Gasteiger partial charge in [0.05, 0.1) is 28.4 Å². The van der Waals surface area contributed by atoms with Gasteiger partial charge >= 0.3 is 6.09 Å². The molecule has 0 aliphatic carbocycles. The lowest BCUT2D eigenvalue weighted by Gasteiger charge is -2.34. The number of benzene rings is 2. The van der Waals surface area contributed by atoms with Crippen molar-refractivity contribution in [1.82, 2.24) is 9.88 Å². The van der Waals surface area contributed by atoms with Gasteiger partial charge in [0.25, 0.3) is 11.8 Å². The Hall–Kier alpha value is -4.11. The summed E-state index contributed by atoms with van der Waals surface area (Å²) in [5, 5.41) is 6.08. The van der Waals surface area contributed by atoms with E-state index in [1.54, 1.807) is 47.4 Å². The maximum atomic E-state index is 13.7. The normalized spacial score (nSPS) is 15.3. The van der Waals surface area contributed by atoms with Gasteiger partial charge in [-0.05, 0) is 81.0 Å². The zero-order valence-corrected chi connectivity index (χ0v) is 27.0. The second-order valence-corrected chi connectivity index (χ2v) is 13.5. The number of nitrogens with zero attached hydrogens (tertiary/aromatic N) is 2. The van der Waals surface area contributed by atoms with Gasteiger partial charge < -0.3 is 25.0 Å². The van der Waals surface area contributed by atoms with Gasteiger partial charge in [-0.25, -0.2) is 9.78 Å². The van der Waals surface area contributed by atoms with Crippen molar-refractivity contribution >= 4 is 41.0 Å². The summed E-state index contributed by atoms with van der Waals surface area (Å²) in [6.07, 6.45) is 2.85. The lowest BCUT2D eigenvalue weighted by Crippen LogP contribution is -2.44. The van der Waals surface area contributed by atoms with E-state index in [0.29, 0.717) is 47.5 Å². The summed E-state index contributed by atoms with van der Waals surface area (Å²) in [6.45, 7) is 13.3. The van der Waals surface area contributed by atoms with Gasteiger partial charge in [-0.1, -0.05) is 50.6 Å². The highest BCUT2D eigenvalue weighted by Gasteiger charge is 2.29. The van der Waals surface area contributed by atoms with Crippen molar-refractivity contribution in [1.29, 1.82) is 0 Å².